The van der Waals surface area contributed by atoms with Crippen LogP contribution < -0.4 is 10.1 Å². The van der Waals surface area contributed by atoms with Crippen LogP contribution in [0.15, 0.2) is 52.5 Å². The van der Waals surface area contributed by atoms with E-state index in [0.29, 0.717) is 15.9 Å². The third-order valence-electron chi connectivity index (χ3n) is 2.97. The molecule has 1 N–H and O–H groups in total. The first-order valence-electron chi connectivity index (χ1n) is 6.55. The molecular weight excluding hydrogens is 363 g/mol. The van der Waals surface area contributed by atoms with Gasteiger partial charge in [-0.2, -0.15) is 5.26 Å². The van der Waals surface area contributed by atoms with E-state index in [9.17, 15) is 9.18 Å². The van der Waals surface area contributed by atoms with Gasteiger partial charge >= 0.3 is 0 Å². The Labute approximate surface area is 141 Å². The minimum absolute atomic E-state index is 0.154. The number of halogens is 2. The van der Waals surface area contributed by atoms with Crippen LogP contribution in [0.1, 0.15) is 5.56 Å². The maximum Gasteiger partial charge on any atom is 0.266 e. The molecule has 6 heteroatoms. The monoisotopic (exact) mass is 374 g/mol. The molecule has 0 aliphatic carbocycles. The molecule has 2 rings (SSSR count). The van der Waals surface area contributed by atoms with Crippen LogP contribution in [-0.4, -0.2) is 13.0 Å². The molecular formula is C17H12BrFN2O2. The van der Waals surface area contributed by atoms with E-state index in [-0.39, 0.29) is 11.1 Å². The summed E-state index contributed by atoms with van der Waals surface area (Å²) in [5.41, 5.74) is 0.463. The third kappa shape index (κ3) is 4.41. The number of methoxy groups -OCH3 is 1. The third-order valence-corrected chi connectivity index (χ3v) is 3.46. The number of hydrogen-bond acceptors (Lipinski definition) is 3. The van der Waals surface area contributed by atoms with E-state index in [0.717, 1.165) is 0 Å². The molecule has 0 aromatic heterocycles. The molecule has 2 aromatic carbocycles. The lowest BCUT2D eigenvalue weighted by atomic mass is 10.1. The summed E-state index contributed by atoms with van der Waals surface area (Å²) in [5.74, 6) is -0.481. The second-order valence-electron chi connectivity index (χ2n) is 4.52. The summed E-state index contributed by atoms with van der Waals surface area (Å²) < 4.78 is 19.4. The SMILES string of the molecule is COc1ccc(NC(=O)C(C#N)=Cc2cc(Br)ccc2F)cc1. The van der Waals surface area contributed by atoms with Crippen molar-refractivity contribution >= 4 is 33.6 Å². The number of nitrogens with zero attached hydrogens (tertiary/aromatic N) is 1. The Hall–Kier alpha value is -2.65. The lowest BCUT2D eigenvalue weighted by molar-refractivity contribution is -0.112. The van der Waals surface area contributed by atoms with Gasteiger partial charge in [0.2, 0.25) is 0 Å². The second-order valence-corrected chi connectivity index (χ2v) is 5.43. The molecule has 0 fully saturated rings. The lowest BCUT2D eigenvalue weighted by Gasteiger charge is -2.06. The van der Waals surface area contributed by atoms with Crippen molar-refractivity contribution < 1.29 is 13.9 Å². The van der Waals surface area contributed by atoms with Crippen molar-refractivity contribution in [3.8, 4) is 11.8 Å². The van der Waals surface area contributed by atoms with Gasteiger partial charge in [0.1, 0.15) is 23.2 Å². The molecule has 0 spiro atoms. The molecule has 2 aromatic rings. The van der Waals surface area contributed by atoms with Crippen LogP contribution in [0.5, 0.6) is 5.75 Å². The highest BCUT2D eigenvalue weighted by Gasteiger charge is 2.11. The van der Waals surface area contributed by atoms with Crippen molar-refractivity contribution in [2.45, 2.75) is 0 Å². The Balaban J connectivity index is 2.22. The number of hydrogen-bond donors (Lipinski definition) is 1. The van der Waals surface area contributed by atoms with Crippen LogP contribution in [0.3, 0.4) is 0 Å². The van der Waals surface area contributed by atoms with Gasteiger partial charge in [-0.15, -0.1) is 0 Å². The van der Waals surface area contributed by atoms with Crippen molar-refractivity contribution in [3.63, 3.8) is 0 Å². The maximum absolute atomic E-state index is 13.7. The summed E-state index contributed by atoms with van der Waals surface area (Å²) in [5, 5.41) is 11.7. The fourth-order valence-electron chi connectivity index (χ4n) is 1.80. The predicted octanol–water partition coefficient (Wildman–Crippen LogP) is 4.14. The summed E-state index contributed by atoms with van der Waals surface area (Å²) in [6, 6.07) is 12.7. The van der Waals surface area contributed by atoms with Crippen molar-refractivity contribution in [1.82, 2.24) is 0 Å². The molecule has 0 unspecified atom stereocenters. The zero-order valence-corrected chi connectivity index (χ0v) is 13.7. The van der Waals surface area contributed by atoms with Gasteiger partial charge in [-0.25, -0.2) is 4.39 Å². The minimum atomic E-state index is -0.614. The van der Waals surface area contributed by atoms with Gasteiger partial charge < -0.3 is 10.1 Å². The Kier molecular flexibility index (Phi) is 5.50. The molecule has 0 heterocycles. The Bertz CT molecular complexity index is 795. The highest BCUT2D eigenvalue weighted by Crippen LogP contribution is 2.19. The van der Waals surface area contributed by atoms with Crippen molar-refractivity contribution in [3.05, 3.63) is 63.9 Å². The quantitative estimate of drug-likeness (QED) is 0.645. The standard InChI is InChI=1S/C17H12BrFN2O2/c1-23-15-5-3-14(4-6-15)21-17(22)12(10-20)8-11-9-13(18)2-7-16(11)19/h2-9H,1H3,(H,21,22). The number of ether oxygens (including phenoxy) is 1. The number of amides is 1. The highest BCUT2D eigenvalue weighted by molar-refractivity contribution is 9.10. The number of anilines is 1. The van der Waals surface area contributed by atoms with E-state index in [1.807, 2.05) is 0 Å². The van der Waals surface area contributed by atoms with Gasteiger partial charge in [0.25, 0.3) is 5.91 Å². The number of benzene rings is 2. The molecule has 116 valence electrons. The average molecular weight is 375 g/mol. The van der Waals surface area contributed by atoms with E-state index in [1.54, 1.807) is 30.3 Å². The van der Waals surface area contributed by atoms with E-state index in [2.05, 4.69) is 21.2 Å². The molecule has 4 nitrogen and oxygen atoms in total. The largest absolute Gasteiger partial charge is 0.497 e. The number of rotatable bonds is 4. The first-order chi connectivity index (χ1) is 11.0. The Morgan fingerprint density at radius 1 is 1.30 bits per heavy atom. The molecule has 1 amide bonds. The van der Waals surface area contributed by atoms with Crippen LogP contribution >= 0.6 is 15.9 Å². The van der Waals surface area contributed by atoms with E-state index < -0.39 is 11.7 Å². The molecule has 0 bridgehead atoms. The molecule has 23 heavy (non-hydrogen) atoms. The molecule has 0 radical (unpaired) electrons. The number of carbonyl (C=O) groups is 1. The van der Waals surface area contributed by atoms with Gasteiger partial charge in [-0.05, 0) is 48.5 Å². The number of carbonyl (C=O) groups excluding carboxylic acids is 1. The predicted molar refractivity (Wildman–Crippen MR) is 89.3 cm³/mol. The topological polar surface area (TPSA) is 62.1 Å². The van der Waals surface area contributed by atoms with Gasteiger partial charge in [-0.1, -0.05) is 15.9 Å². The molecule has 0 aliphatic rings. The second kappa shape index (κ2) is 7.56. The summed E-state index contributed by atoms with van der Waals surface area (Å²) in [7, 11) is 1.54. The van der Waals surface area contributed by atoms with Gasteiger partial charge in [-0.3, -0.25) is 4.79 Å². The highest BCUT2D eigenvalue weighted by atomic mass is 79.9. The summed E-state index contributed by atoms with van der Waals surface area (Å²) in [6.45, 7) is 0. The van der Waals surface area contributed by atoms with Crippen molar-refractivity contribution in [2.24, 2.45) is 0 Å². The fraction of sp³-hybridized carbons (Fsp3) is 0.0588. The van der Waals surface area contributed by atoms with Crippen molar-refractivity contribution in [1.29, 1.82) is 5.26 Å². The zero-order valence-electron chi connectivity index (χ0n) is 12.1. The molecule has 0 saturated heterocycles. The van der Waals surface area contributed by atoms with E-state index in [4.69, 9.17) is 10.00 Å². The number of nitriles is 1. The van der Waals surface area contributed by atoms with E-state index >= 15 is 0 Å². The summed E-state index contributed by atoms with van der Waals surface area (Å²) >= 11 is 3.22. The summed E-state index contributed by atoms with van der Waals surface area (Å²) in [6.07, 6.45) is 1.21. The average Bonchev–Trinajstić information content (AvgIpc) is 2.56. The van der Waals surface area contributed by atoms with Crippen molar-refractivity contribution in [2.75, 3.05) is 12.4 Å². The Morgan fingerprint density at radius 2 is 2.00 bits per heavy atom. The van der Waals surface area contributed by atoms with Gasteiger partial charge in [0, 0.05) is 15.7 Å². The molecule has 0 saturated carbocycles. The molecule has 0 atom stereocenters. The lowest BCUT2D eigenvalue weighted by Crippen LogP contribution is -2.13. The maximum atomic E-state index is 13.7. The summed E-state index contributed by atoms with van der Waals surface area (Å²) in [4.78, 5) is 12.1. The number of nitrogens with one attached hydrogen (secondary N) is 1. The smallest absolute Gasteiger partial charge is 0.266 e. The fourth-order valence-corrected chi connectivity index (χ4v) is 2.18. The molecule has 0 aliphatic heterocycles. The van der Waals surface area contributed by atoms with Crippen LogP contribution in [0.25, 0.3) is 6.08 Å². The van der Waals surface area contributed by atoms with Gasteiger partial charge in [0.05, 0.1) is 7.11 Å². The van der Waals surface area contributed by atoms with Crippen LogP contribution in [0.2, 0.25) is 0 Å². The van der Waals surface area contributed by atoms with E-state index in [1.165, 1.54) is 31.4 Å². The normalized spacial score (nSPS) is 10.8. The van der Waals surface area contributed by atoms with Crippen LogP contribution in [-0.2, 0) is 4.79 Å². The Morgan fingerprint density at radius 3 is 2.61 bits per heavy atom. The minimum Gasteiger partial charge on any atom is -0.497 e. The zero-order chi connectivity index (χ0) is 16.8. The first-order valence-corrected chi connectivity index (χ1v) is 7.35. The first kappa shape index (κ1) is 16.7. The van der Waals surface area contributed by atoms with Gasteiger partial charge in [0.15, 0.2) is 0 Å². The van der Waals surface area contributed by atoms with Crippen LogP contribution in [0, 0.1) is 17.1 Å². The van der Waals surface area contributed by atoms with Crippen LogP contribution in [0.4, 0.5) is 10.1 Å².